The van der Waals surface area contributed by atoms with Gasteiger partial charge in [-0.3, -0.25) is 0 Å². The third-order valence-corrected chi connectivity index (χ3v) is 7.08. The number of carbonyl (C=O) groups is 1. The first-order valence-electron chi connectivity index (χ1n) is 11.6. The van der Waals surface area contributed by atoms with E-state index in [9.17, 15) is 15.0 Å². The second-order valence-corrected chi connectivity index (χ2v) is 8.45. The number of aryl methyl sites for hydroxylation is 1. The molecule has 0 radical (unpaired) electrons. The van der Waals surface area contributed by atoms with Gasteiger partial charge in [0.25, 0.3) is 0 Å². The molecular formula is C26H39NO4. The SMILES string of the molecule is CCn1c(C(=O)O)ccc1C(CC)(CC)c1ccc(OCCC(O)(CC)CC)c(C)c1. The number of hydrogen-bond donors (Lipinski definition) is 2. The van der Waals surface area contributed by atoms with Crippen LogP contribution in [0.2, 0.25) is 0 Å². The number of benzene rings is 1. The largest absolute Gasteiger partial charge is 0.493 e. The molecule has 0 saturated heterocycles. The van der Waals surface area contributed by atoms with Crippen LogP contribution in [0.4, 0.5) is 0 Å². The minimum atomic E-state index is -0.895. The molecule has 0 fully saturated rings. The number of ether oxygens (including phenoxy) is 1. The van der Waals surface area contributed by atoms with E-state index >= 15 is 0 Å². The topological polar surface area (TPSA) is 71.7 Å². The van der Waals surface area contributed by atoms with Crippen molar-refractivity contribution < 1.29 is 19.7 Å². The zero-order chi connectivity index (χ0) is 23.2. The molecule has 1 heterocycles. The quantitative estimate of drug-likeness (QED) is 0.438. The molecule has 2 rings (SSSR count). The predicted molar refractivity (Wildman–Crippen MR) is 125 cm³/mol. The van der Waals surface area contributed by atoms with Crippen molar-refractivity contribution in [2.24, 2.45) is 0 Å². The van der Waals surface area contributed by atoms with Gasteiger partial charge in [0, 0.05) is 24.1 Å². The minimum absolute atomic E-state index is 0.266. The van der Waals surface area contributed by atoms with Gasteiger partial charge in [-0.15, -0.1) is 0 Å². The summed E-state index contributed by atoms with van der Waals surface area (Å²) in [5.41, 5.74) is 2.67. The van der Waals surface area contributed by atoms with Crippen LogP contribution in [0, 0.1) is 6.92 Å². The lowest BCUT2D eigenvalue weighted by molar-refractivity contribution is 0.0116. The van der Waals surface area contributed by atoms with Crippen LogP contribution in [-0.2, 0) is 12.0 Å². The van der Waals surface area contributed by atoms with Crippen molar-refractivity contribution in [2.45, 2.75) is 91.2 Å². The van der Waals surface area contributed by atoms with Crippen LogP contribution in [-0.4, -0.2) is 33.0 Å². The summed E-state index contributed by atoms with van der Waals surface area (Å²) in [6, 6.07) is 9.97. The second-order valence-electron chi connectivity index (χ2n) is 8.45. The van der Waals surface area contributed by atoms with Gasteiger partial charge in [-0.1, -0.05) is 39.8 Å². The number of hydrogen-bond acceptors (Lipinski definition) is 3. The highest BCUT2D eigenvalue weighted by Crippen LogP contribution is 2.41. The average molecular weight is 430 g/mol. The molecule has 0 spiro atoms. The third kappa shape index (κ3) is 4.98. The molecule has 172 valence electrons. The maximum atomic E-state index is 11.7. The fraction of sp³-hybridized carbons (Fsp3) is 0.577. The van der Waals surface area contributed by atoms with Crippen LogP contribution in [0.15, 0.2) is 30.3 Å². The van der Waals surface area contributed by atoms with Crippen LogP contribution in [0.5, 0.6) is 5.75 Å². The summed E-state index contributed by atoms with van der Waals surface area (Å²) in [5.74, 6) is -0.0650. The zero-order valence-corrected chi connectivity index (χ0v) is 20.0. The van der Waals surface area contributed by atoms with Gasteiger partial charge in [0.1, 0.15) is 11.4 Å². The normalized spacial score (nSPS) is 12.2. The molecule has 0 aliphatic rings. The van der Waals surface area contributed by atoms with Gasteiger partial charge >= 0.3 is 5.97 Å². The van der Waals surface area contributed by atoms with Crippen molar-refractivity contribution in [3.05, 3.63) is 52.8 Å². The summed E-state index contributed by atoms with van der Waals surface area (Å²) in [6.07, 6.45) is 3.78. The van der Waals surface area contributed by atoms with Crippen LogP contribution in [0.25, 0.3) is 0 Å². The maximum Gasteiger partial charge on any atom is 0.352 e. The molecule has 2 N–H and O–H groups in total. The Morgan fingerprint density at radius 3 is 2.13 bits per heavy atom. The Kier molecular flexibility index (Phi) is 8.35. The highest BCUT2D eigenvalue weighted by Gasteiger charge is 2.35. The molecule has 0 aliphatic heterocycles. The van der Waals surface area contributed by atoms with Gasteiger partial charge in [0.15, 0.2) is 0 Å². The van der Waals surface area contributed by atoms with Crippen molar-refractivity contribution in [3.8, 4) is 5.75 Å². The Balaban J connectivity index is 2.37. The first-order valence-corrected chi connectivity index (χ1v) is 11.6. The highest BCUT2D eigenvalue weighted by molar-refractivity contribution is 5.86. The Hall–Kier alpha value is -2.27. The van der Waals surface area contributed by atoms with Crippen LogP contribution in [0.1, 0.15) is 94.0 Å². The van der Waals surface area contributed by atoms with E-state index in [1.807, 2.05) is 44.4 Å². The molecule has 1 aromatic heterocycles. The molecule has 2 aromatic rings. The molecule has 0 unspecified atom stereocenters. The molecule has 0 bridgehead atoms. The van der Waals surface area contributed by atoms with Gasteiger partial charge < -0.3 is 19.5 Å². The second kappa shape index (κ2) is 10.4. The van der Waals surface area contributed by atoms with E-state index in [0.717, 1.165) is 42.7 Å². The summed E-state index contributed by atoms with van der Waals surface area (Å²) in [4.78, 5) is 11.7. The lowest BCUT2D eigenvalue weighted by Crippen LogP contribution is -2.30. The predicted octanol–water partition coefficient (Wildman–Crippen LogP) is 5.94. The number of aliphatic hydroxyl groups is 1. The Morgan fingerprint density at radius 1 is 1.00 bits per heavy atom. The molecular weight excluding hydrogens is 390 g/mol. The van der Waals surface area contributed by atoms with E-state index in [0.29, 0.717) is 25.3 Å². The van der Waals surface area contributed by atoms with Crippen LogP contribution >= 0.6 is 0 Å². The summed E-state index contributed by atoms with van der Waals surface area (Å²) >= 11 is 0. The van der Waals surface area contributed by atoms with E-state index in [1.54, 1.807) is 6.07 Å². The Labute approximate surface area is 187 Å². The van der Waals surface area contributed by atoms with Crippen molar-refractivity contribution >= 4 is 5.97 Å². The maximum absolute atomic E-state index is 11.7. The number of rotatable bonds is 12. The molecule has 0 saturated carbocycles. The number of carboxylic acid groups (broad SMARTS) is 1. The Bertz CT molecular complexity index is 876. The van der Waals surface area contributed by atoms with Crippen molar-refractivity contribution in [1.82, 2.24) is 4.57 Å². The van der Waals surface area contributed by atoms with E-state index in [4.69, 9.17) is 4.74 Å². The van der Waals surface area contributed by atoms with E-state index < -0.39 is 11.6 Å². The lowest BCUT2D eigenvalue weighted by Gasteiger charge is -2.34. The lowest BCUT2D eigenvalue weighted by atomic mass is 9.72. The standard InChI is InChI=1S/C26H39NO4/c1-7-25(30,8-2)16-17-31-22-14-12-20(18-19(22)6)26(9-3,10-4)23-15-13-21(24(28)29)27(23)11-5/h12-15,18,30H,7-11,16-17H2,1-6H3,(H,28,29). The smallest absolute Gasteiger partial charge is 0.352 e. The van der Waals surface area contributed by atoms with E-state index in [2.05, 4.69) is 26.0 Å². The van der Waals surface area contributed by atoms with E-state index in [1.165, 1.54) is 5.56 Å². The van der Waals surface area contributed by atoms with Crippen molar-refractivity contribution in [2.75, 3.05) is 6.61 Å². The molecule has 1 aromatic carbocycles. The summed E-state index contributed by atoms with van der Waals surface area (Å²) < 4.78 is 7.94. The minimum Gasteiger partial charge on any atom is -0.493 e. The van der Waals surface area contributed by atoms with Gasteiger partial charge in [-0.2, -0.15) is 0 Å². The van der Waals surface area contributed by atoms with Crippen molar-refractivity contribution in [1.29, 1.82) is 0 Å². The van der Waals surface area contributed by atoms with Crippen LogP contribution < -0.4 is 4.74 Å². The number of aromatic carboxylic acids is 1. The van der Waals surface area contributed by atoms with Gasteiger partial charge in [-0.25, -0.2) is 4.79 Å². The number of aromatic nitrogens is 1. The van der Waals surface area contributed by atoms with Crippen LogP contribution in [0.3, 0.4) is 0 Å². The third-order valence-electron chi connectivity index (χ3n) is 7.08. The molecule has 0 amide bonds. The average Bonchev–Trinajstić information content (AvgIpc) is 3.21. The summed E-state index contributed by atoms with van der Waals surface area (Å²) in [7, 11) is 0. The van der Waals surface area contributed by atoms with Gasteiger partial charge in [0.2, 0.25) is 0 Å². The monoisotopic (exact) mass is 429 g/mol. The zero-order valence-electron chi connectivity index (χ0n) is 20.0. The fourth-order valence-electron chi connectivity index (χ4n) is 4.64. The molecule has 0 aliphatic carbocycles. The highest BCUT2D eigenvalue weighted by atomic mass is 16.5. The Morgan fingerprint density at radius 2 is 1.65 bits per heavy atom. The molecule has 5 nitrogen and oxygen atoms in total. The van der Waals surface area contributed by atoms with E-state index in [-0.39, 0.29) is 5.41 Å². The number of carboxylic acids is 1. The van der Waals surface area contributed by atoms with Crippen molar-refractivity contribution in [3.63, 3.8) is 0 Å². The summed E-state index contributed by atoms with van der Waals surface area (Å²) in [6.45, 7) is 13.4. The first-order chi connectivity index (χ1) is 14.7. The molecule has 0 atom stereocenters. The summed E-state index contributed by atoms with van der Waals surface area (Å²) in [5, 5.41) is 20.1. The molecule has 5 heteroatoms. The molecule has 31 heavy (non-hydrogen) atoms. The fourth-order valence-corrected chi connectivity index (χ4v) is 4.64. The number of nitrogens with zero attached hydrogens (tertiary/aromatic N) is 1. The van der Waals surface area contributed by atoms with Gasteiger partial charge in [0.05, 0.1) is 12.2 Å². The van der Waals surface area contributed by atoms with Gasteiger partial charge in [-0.05, 0) is 68.9 Å². The first kappa shape index (κ1) is 25.0.